The summed E-state index contributed by atoms with van der Waals surface area (Å²) in [5, 5.41) is 8.75. The van der Waals surface area contributed by atoms with Crippen molar-refractivity contribution in [1.29, 1.82) is 0 Å². The summed E-state index contributed by atoms with van der Waals surface area (Å²) in [7, 11) is 0. The Kier molecular flexibility index (Phi) is 4.54. The Morgan fingerprint density at radius 2 is 1.50 bits per heavy atom. The predicted molar refractivity (Wildman–Crippen MR) is 92.5 cm³/mol. The smallest absolute Gasteiger partial charge is 0.357 e. The van der Waals surface area contributed by atoms with Crippen LogP contribution in [0.15, 0.2) is 60.1 Å². The molecule has 2 aromatic rings. The van der Waals surface area contributed by atoms with E-state index < -0.39 is 17.6 Å². The predicted octanol–water partition coefficient (Wildman–Crippen LogP) is 3.42. The van der Waals surface area contributed by atoms with Crippen molar-refractivity contribution in [3.63, 3.8) is 0 Å². The molecule has 2 aromatic carbocycles. The van der Waals surface area contributed by atoms with Gasteiger partial charge in [-0.3, -0.25) is 0 Å². The Morgan fingerprint density at radius 3 is 1.96 bits per heavy atom. The number of carbonyl (C=O) groups is 1. The van der Waals surface area contributed by atoms with Gasteiger partial charge >= 0.3 is 5.97 Å². The first-order valence-electron chi connectivity index (χ1n) is 8.00. The van der Waals surface area contributed by atoms with Crippen molar-refractivity contribution in [3.05, 3.63) is 65.7 Å². The molecule has 1 saturated carbocycles. The first-order valence-corrected chi connectivity index (χ1v) is 8.00. The van der Waals surface area contributed by atoms with Crippen LogP contribution in [0.3, 0.4) is 0 Å². The van der Waals surface area contributed by atoms with Gasteiger partial charge in [0.1, 0.15) is 5.75 Å². The van der Waals surface area contributed by atoms with Crippen LogP contribution in [0.2, 0.25) is 0 Å². The highest BCUT2D eigenvalue weighted by Crippen LogP contribution is 2.48. The van der Waals surface area contributed by atoms with Gasteiger partial charge in [0.15, 0.2) is 5.70 Å². The molecule has 0 amide bonds. The lowest BCUT2D eigenvalue weighted by Crippen LogP contribution is -2.33. The van der Waals surface area contributed by atoms with Crippen molar-refractivity contribution < 1.29 is 23.4 Å². The summed E-state index contributed by atoms with van der Waals surface area (Å²) >= 11 is 0. The third-order valence-corrected chi connectivity index (χ3v) is 4.38. The second-order valence-electron chi connectivity index (χ2n) is 6.29. The molecular weight excluding hydrogens is 342 g/mol. The number of ether oxygens (including phenoxy) is 1. The highest BCUT2D eigenvalue weighted by atomic mass is 19.3. The molecule has 1 aliphatic rings. The number of nitrogens with two attached hydrogens (primary N) is 2. The van der Waals surface area contributed by atoms with Crippen LogP contribution in [0.25, 0.3) is 11.1 Å². The lowest BCUT2D eigenvalue weighted by Gasteiger charge is -2.35. The van der Waals surface area contributed by atoms with Gasteiger partial charge in [-0.05, 0) is 34.7 Å². The second-order valence-corrected chi connectivity index (χ2v) is 6.29. The minimum Gasteiger partial charge on any atom is -0.476 e. The molecule has 0 heterocycles. The molecule has 1 aliphatic carbocycles. The number of halogens is 2. The van der Waals surface area contributed by atoms with Crippen LogP contribution in [0.1, 0.15) is 24.3 Å². The second kappa shape index (κ2) is 6.67. The highest BCUT2D eigenvalue weighted by molar-refractivity contribution is 5.85. The molecular formula is C19H18F2N2O3. The normalized spacial score (nSPS) is 17.2. The Bertz CT molecular complexity index is 838. The maximum atomic E-state index is 13.0. The van der Waals surface area contributed by atoms with Crippen LogP contribution in [-0.2, 0) is 4.79 Å². The number of carboxylic acids is 1. The molecule has 7 heteroatoms. The Hall–Kier alpha value is -3.09. The van der Waals surface area contributed by atoms with E-state index in [-0.39, 0.29) is 24.6 Å². The molecule has 0 radical (unpaired) electrons. The first-order chi connectivity index (χ1) is 12.2. The van der Waals surface area contributed by atoms with Crippen LogP contribution < -0.4 is 16.2 Å². The van der Waals surface area contributed by atoms with Crippen molar-refractivity contribution in [3.8, 4) is 16.9 Å². The van der Waals surface area contributed by atoms with Crippen molar-refractivity contribution in [2.24, 2.45) is 11.5 Å². The van der Waals surface area contributed by atoms with Gasteiger partial charge in [-0.25, -0.2) is 13.6 Å². The number of rotatable bonds is 5. The molecule has 136 valence electrons. The summed E-state index contributed by atoms with van der Waals surface area (Å²) in [6.45, 7) is 0. The van der Waals surface area contributed by atoms with Crippen LogP contribution in [-0.4, -0.2) is 17.0 Å². The molecule has 0 atom stereocenters. The van der Waals surface area contributed by atoms with Crippen LogP contribution in [0.4, 0.5) is 8.78 Å². The van der Waals surface area contributed by atoms with E-state index in [1.54, 1.807) is 24.3 Å². The van der Waals surface area contributed by atoms with Gasteiger partial charge in [0.05, 0.1) is 0 Å². The van der Waals surface area contributed by atoms with Crippen LogP contribution in [0.5, 0.6) is 5.75 Å². The summed E-state index contributed by atoms with van der Waals surface area (Å²) in [6, 6.07) is 14.4. The lowest BCUT2D eigenvalue weighted by molar-refractivity contribution is -0.132. The summed E-state index contributed by atoms with van der Waals surface area (Å²) in [6.07, 6.45) is -0.181. The maximum Gasteiger partial charge on any atom is 0.357 e. The van der Waals surface area contributed by atoms with Gasteiger partial charge in [-0.2, -0.15) is 0 Å². The van der Waals surface area contributed by atoms with Crippen molar-refractivity contribution in [2.75, 3.05) is 0 Å². The molecule has 0 unspecified atom stereocenters. The Morgan fingerprint density at radius 1 is 1.00 bits per heavy atom. The number of hydrogen-bond acceptors (Lipinski definition) is 4. The average molecular weight is 360 g/mol. The fraction of sp³-hybridized carbons (Fsp3) is 0.211. The molecule has 0 spiro atoms. The fourth-order valence-electron chi connectivity index (χ4n) is 2.85. The van der Waals surface area contributed by atoms with Gasteiger partial charge in [0.2, 0.25) is 11.8 Å². The molecule has 0 saturated heterocycles. The van der Waals surface area contributed by atoms with E-state index in [4.69, 9.17) is 21.3 Å². The molecule has 26 heavy (non-hydrogen) atoms. The van der Waals surface area contributed by atoms with Gasteiger partial charge in [-0.1, -0.05) is 36.4 Å². The van der Waals surface area contributed by atoms with Crippen molar-refractivity contribution in [1.82, 2.24) is 0 Å². The third-order valence-electron chi connectivity index (χ3n) is 4.38. The molecule has 0 bridgehead atoms. The topological polar surface area (TPSA) is 98.6 Å². The minimum atomic E-state index is -2.53. The zero-order chi connectivity index (χ0) is 18.9. The monoisotopic (exact) mass is 360 g/mol. The van der Waals surface area contributed by atoms with E-state index in [0.29, 0.717) is 5.75 Å². The van der Waals surface area contributed by atoms with E-state index in [1.807, 2.05) is 24.3 Å². The third kappa shape index (κ3) is 3.77. The van der Waals surface area contributed by atoms with Crippen molar-refractivity contribution in [2.45, 2.75) is 24.7 Å². The van der Waals surface area contributed by atoms with E-state index in [9.17, 15) is 13.6 Å². The van der Waals surface area contributed by atoms with Gasteiger partial charge < -0.3 is 21.3 Å². The van der Waals surface area contributed by atoms with E-state index >= 15 is 0 Å². The summed E-state index contributed by atoms with van der Waals surface area (Å²) in [4.78, 5) is 10.7. The van der Waals surface area contributed by atoms with Crippen LogP contribution >= 0.6 is 0 Å². The minimum absolute atomic E-state index is 0.0794. The Labute approximate surface area is 148 Å². The highest BCUT2D eigenvalue weighted by Gasteiger charge is 2.45. The van der Waals surface area contributed by atoms with E-state index in [0.717, 1.165) is 16.7 Å². The van der Waals surface area contributed by atoms with Crippen molar-refractivity contribution >= 4 is 5.97 Å². The van der Waals surface area contributed by atoms with Gasteiger partial charge in [0, 0.05) is 12.8 Å². The Balaban J connectivity index is 1.69. The summed E-state index contributed by atoms with van der Waals surface area (Å²) in [5.74, 6) is -4.00. The fourth-order valence-corrected chi connectivity index (χ4v) is 2.85. The largest absolute Gasteiger partial charge is 0.476 e. The molecule has 5 nitrogen and oxygen atoms in total. The van der Waals surface area contributed by atoms with Crippen LogP contribution in [0, 0.1) is 0 Å². The number of hydrogen-bond donors (Lipinski definition) is 3. The number of aliphatic carboxylic acids is 1. The standard InChI is InChI=1S/C19H18F2N2O3/c20-19(21)9-14(10-19)13-3-1-11(2-4-13)12-5-7-15(8-6-12)26-17(23)16(22)18(24)25/h1-8,14H,9-10,22-23H2,(H,24,25)/b17-16+. The zero-order valence-corrected chi connectivity index (χ0v) is 13.8. The quantitative estimate of drug-likeness (QED) is 0.561. The summed E-state index contributed by atoms with van der Waals surface area (Å²) in [5.41, 5.74) is 12.9. The molecule has 1 fully saturated rings. The lowest BCUT2D eigenvalue weighted by atomic mass is 9.76. The number of benzene rings is 2. The zero-order valence-electron chi connectivity index (χ0n) is 13.8. The summed E-state index contributed by atoms with van der Waals surface area (Å²) < 4.78 is 31.2. The molecule has 0 aromatic heterocycles. The molecule has 0 aliphatic heterocycles. The first kappa shape index (κ1) is 17.7. The molecule has 3 rings (SSSR count). The van der Waals surface area contributed by atoms with Gasteiger partial charge in [-0.15, -0.1) is 0 Å². The number of carboxylic acid groups (broad SMARTS) is 1. The van der Waals surface area contributed by atoms with E-state index in [2.05, 4.69) is 0 Å². The number of alkyl halides is 2. The van der Waals surface area contributed by atoms with Gasteiger partial charge in [0.25, 0.3) is 0 Å². The van der Waals surface area contributed by atoms with E-state index in [1.165, 1.54) is 0 Å². The molecule has 5 N–H and O–H groups in total. The SMILES string of the molecule is N/C(Oc1ccc(-c2ccc(C3CC(F)(F)C3)cc2)cc1)=C(\N)C(=O)O. The maximum absolute atomic E-state index is 13.0. The average Bonchev–Trinajstić information content (AvgIpc) is 2.59.